The molecule has 0 spiro atoms. The summed E-state index contributed by atoms with van der Waals surface area (Å²) in [4.78, 5) is 27.8. The summed E-state index contributed by atoms with van der Waals surface area (Å²) in [5, 5.41) is 19.2. The van der Waals surface area contributed by atoms with E-state index in [4.69, 9.17) is 5.11 Å². The van der Waals surface area contributed by atoms with E-state index >= 15 is 0 Å². The molecule has 1 aliphatic heterocycles. The Hall–Kier alpha value is -2.90. The van der Waals surface area contributed by atoms with Gasteiger partial charge < -0.3 is 15.7 Å². The van der Waals surface area contributed by atoms with Crippen LogP contribution in [-0.4, -0.2) is 44.0 Å². The zero-order valence-corrected chi connectivity index (χ0v) is 15.4. The van der Waals surface area contributed by atoms with Gasteiger partial charge in [-0.15, -0.1) is 0 Å². The molecule has 144 valence electrons. The summed E-state index contributed by atoms with van der Waals surface area (Å²) in [5.41, 5.74) is 1.06. The maximum absolute atomic E-state index is 12.5. The van der Waals surface area contributed by atoms with Gasteiger partial charge in [0.25, 0.3) is 0 Å². The number of carbonyl (C=O) groups is 2. The number of carboxylic acid groups (broad SMARTS) is 1. The molecular formula is C19H25N5O3. The second kappa shape index (κ2) is 8.66. The average molecular weight is 371 g/mol. The average Bonchev–Trinajstić information content (AvgIpc) is 2.99. The first-order valence-corrected chi connectivity index (χ1v) is 9.22. The molecule has 8 nitrogen and oxygen atoms in total. The monoisotopic (exact) mass is 371 g/mol. The molecule has 0 bridgehead atoms. The lowest BCUT2D eigenvalue weighted by Gasteiger charge is -2.25. The molecule has 2 heterocycles. The number of nitrogens with zero attached hydrogens (tertiary/aromatic N) is 3. The van der Waals surface area contributed by atoms with Crippen LogP contribution in [0.25, 0.3) is 0 Å². The third-order valence-electron chi connectivity index (χ3n) is 4.67. The van der Waals surface area contributed by atoms with Crippen molar-refractivity contribution >= 4 is 12.0 Å². The maximum Gasteiger partial charge on any atom is 0.315 e. The minimum atomic E-state index is -0.864. The summed E-state index contributed by atoms with van der Waals surface area (Å²) < 4.78 is 1.84. The summed E-state index contributed by atoms with van der Waals surface area (Å²) in [5.74, 6) is 0.831. The molecule has 1 aromatic carbocycles. The van der Waals surface area contributed by atoms with E-state index in [2.05, 4.69) is 20.7 Å². The highest BCUT2D eigenvalue weighted by Crippen LogP contribution is 2.13. The van der Waals surface area contributed by atoms with Crippen molar-refractivity contribution < 1.29 is 14.7 Å². The van der Waals surface area contributed by atoms with Gasteiger partial charge in [-0.05, 0) is 31.7 Å². The number of urea groups is 1. The summed E-state index contributed by atoms with van der Waals surface area (Å²) in [7, 11) is 0. The van der Waals surface area contributed by atoms with Crippen LogP contribution in [0.5, 0.6) is 0 Å². The predicted molar refractivity (Wildman–Crippen MR) is 99.3 cm³/mol. The second-order valence-corrected chi connectivity index (χ2v) is 6.93. The number of carboxylic acids is 1. The van der Waals surface area contributed by atoms with E-state index in [-0.39, 0.29) is 24.5 Å². The summed E-state index contributed by atoms with van der Waals surface area (Å²) >= 11 is 0. The molecular weight excluding hydrogens is 346 g/mol. The highest BCUT2D eigenvalue weighted by Gasteiger charge is 2.23. The number of benzene rings is 1. The number of rotatable bonds is 7. The number of hydrogen-bond donors (Lipinski definition) is 3. The Labute approximate surface area is 158 Å². The fourth-order valence-electron chi connectivity index (χ4n) is 3.39. The minimum absolute atomic E-state index is 0.0167. The molecule has 1 aromatic heterocycles. The van der Waals surface area contributed by atoms with Gasteiger partial charge in [-0.25, -0.2) is 14.5 Å². The number of aromatic nitrogens is 3. The van der Waals surface area contributed by atoms with Gasteiger partial charge in [0.15, 0.2) is 0 Å². The van der Waals surface area contributed by atoms with Crippen molar-refractivity contribution in [2.45, 2.75) is 57.7 Å². The highest BCUT2D eigenvalue weighted by molar-refractivity contribution is 5.74. The molecule has 2 atom stereocenters. The van der Waals surface area contributed by atoms with E-state index in [1.807, 2.05) is 41.9 Å². The Bertz CT molecular complexity index is 790. The standard InChI is InChI=1S/C19H25N5O3/c1-13-20-17-9-7-16(12-24(17)23-13)22-19(27)21-15(8-10-18(25)26)11-14-5-3-2-4-6-14/h2-6,15-16H,7-12H2,1H3,(H,25,26)(H2,21,22,27). The van der Waals surface area contributed by atoms with E-state index < -0.39 is 5.97 Å². The largest absolute Gasteiger partial charge is 0.481 e. The van der Waals surface area contributed by atoms with Crippen molar-refractivity contribution in [3.63, 3.8) is 0 Å². The van der Waals surface area contributed by atoms with Gasteiger partial charge in [-0.3, -0.25) is 4.79 Å². The van der Waals surface area contributed by atoms with E-state index in [1.165, 1.54) is 0 Å². The normalized spacial score (nSPS) is 17.0. The zero-order chi connectivity index (χ0) is 19.2. The number of aliphatic carboxylic acids is 1. The molecule has 1 aliphatic rings. The van der Waals surface area contributed by atoms with Gasteiger partial charge in [0, 0.05) is 18.9 Å². The quantitative estimate of drug-likeness (QED) is 0.686. The first kappa shape index (κ1) is 18.9. The number of nitrogens with one attached hydrogen (secondary N) is 2. The van der Waals surface area contributed by atoms with Crippen LogP contribution < -0.4 is 10.6 Å². The van der Waals surface area contributed by atoms with Gasteiger partial charge in [0.05, 0.1) is 12.6 Å². The van der Waals surface area contributed by atoms with Crippen molar-refractivity contribution in [3.05, 3.63) is 47.5 Å². The van der Waals surface area contributed by atoms with Crippen LogP contribution in [0.2, 0.25) is 0 Å². The molecule has 0 saturated carbocycles. The third kappa shape index (κ3) is 5.54. The van der Waals surface area contributed by atoms with Gasteiger partial charge in [0.2, 0.25) is 0 Å². The second-order valence-electron chi connectivity index (χ2n) is 6.93. The van der Waals surface area contributed by atoms with Crippen LogP contribution >= 0.6 is 0 Å². The zero-order valence-electron chi connectivity index (χ0n) is 15.4. The molecule has 0 fully saturated rings. The first-order valence-electron chi connectivity index (χ1n) is 9.22. The molecule has 3 rings (SSSR count). The molecule has 0 radical (unpaired) electrons. The van der Waals surface area contributed by atoms with E-state index in [9.17, 15) is 9.59 Å². The fourth-order valence-corrected chi connectivity index (χ4v) is 3.39. The number of hydrogen-bond acceptors (Lipinski definition) is 4. The Kier molecular flexibility index (Phi) is 6.05. The Morgan fingerprint density at radius 1 is 1.33 bits per heavy atom. The number of amides is 2. The predicted octanol–water partition coefficient (Wildman–Crippen LogP) is 1.68. The van der Waals surface area contributed by atoms with Crippen molar-refractivity contribution in [2.24, 2.45) is 0 Å². The van der Waals surface area contributed by atoms with E-state index in [1.54, 1.807) is 0 Å². The van der Waals surface area contributed by atoms with Crippen molar-refractivity contribution in [2.75, 3.05) is 0 Å². The molecule has 2 unspecified atom stereocenters. The van der Waals surface area contributed by atoms with E-state index in [0.717, 1.165) is 30.1 Å². The lowest BCUT2D eigenvalue weighted by molar-refractivity contribution is -0.137. The van der Waals surface area contributed by atoms with Crippen molar-refractivity contribution in [1.29, 1.82) is 0 Å². The van der Waals surface area contributed by atoms with Crippen LogP contribution in [-0.2, 0) is 24.2 Å². The van der Waals surface area contributed by atoms with E-state index in [0.29, 0.717) is 19.4 Å². The third-order valence-corrected chi connectivity index (χ3v) is 4.67. The van der Waals surface area contributed by atoms with Gasteiger partial charge in [-0.2, -0.15) is 5.10 Å². The van der Waals surface area contributed by atoms with Crippen LogP contribution in [0.15, 0.2) is 30.3 Å². The van der Waals surface area contributed by atoms with Crippen LogP contribution in [0.3, 0.4) is 0 Å². The fraction of sp³-hybridized carbons (Fsp3) is 0.474. The molecule has 0 saturated heterocycles. The lowest BCUT2D eigenvalue weighted by atomic mass is 10.0. The number of carbonyl (C=O) groups excluding carboxylic acids is 1. The topological polar surface area (TPSA) is 109 Å². The molecule has 3 N–H and O–H groups in total. The molecule has 0 aliphatic carbocycles. The summed E-state index contributed by atoms with van der Waals surface area (Å²) in [6.45, 7) is 2.46. The lowest BCUT2D eigenvalue weighted by Crippen LogP contribution is -2.49. The Morgan fingerprint density at radius 3 is 2.85 bits per heavy atom. The number of fused-ring (bicyclic) bond motifs is 1. The summed E-state index contributed by atoms with van der Waals surface area (Å²) in [6, 6.07) is 9.22. The molecule has 27 heavy (non-hydrogen) atoms. The van der Waals surface area contributed by atoms with Crippen LogP contribution in [0.4, 0.5) is 4.79 Å². The minimum Gasteiger partial charge on any atom is -0.481 e. The number of aryl methyl sites for hydroxylation is 2. The Balaban J connectivity index is 1.56. The van der Waals surface area contributed by atoms with Crippen molar-refractivity contribution in [1.82, 2.24) is 25.4 Å². The SMILES string of the molecule is Cc1nc2n(n1)CC(NC(=O)NC(CCC(=O)O)Cc1ccccc1)CC2. The maximum atomic E-state index is 12.5. The summed E-state index contributed by atoms with van der Waals surface area (Å²) in [6.07, 6.45) is 2.58. The van der Waals surface area contributed by atoms with Crippen LogP contribution in [0, 0.1) is 6.92 Å². The van der Waals surface area contributed by atoms with Crippen LogP contribution in [0.1, 0.15) is 36.5 Å². The van der Waals surface area contributed by atoms with Gasteiger partial charge >= 0.3 is 12.0 Å². The Morgan fingerprint density at radius 2 is 2.11 bits per heavy atom. The first-order chi connectivity index (χ1) is 13.0. The molecule has 8 heteroatoms. The van der Waals surface area contributed by atoms with Gasteiger partial charge in [-0.1, -0.05) is 30.3 Å². The molecule has 2 amide bonds. The highest BCUT2D eigenvalue weighted by atomic mass is 16.4. The van der Waals surface area contributed by atoms with Gasteiger partial charge in [0.1, 0.15) is 11.6 Å². The smallest absolute Gasteiger partial charge is 0.315 e. The van der Waals surface area contributed by atoms with Crippen molar-refractivity contribution in [3.8, 4) is 0 Å². The molecule has 2 aromatic rings.